The van der Waals surface area contributed by atoms with Crippen molar-refractivity contribution in [3.8, 4) is 11.1 Å². The first kappa shape index (κ1) is 8.17. The molecular weight excluding hydrogens is 188 g/mol. The van der Waals surface area contributed by atoms with Gasteiger partial charge >= 0.3 is 0 Å². The third-order valence-corrected chi connectivity index (χ3v) is 2.29. The smallest absolute Gasteiger partial charge is 0.198 e. The van der Waals surface area contributed by atoms with E-state index in [0.29, 0.717) is 5.65 Å². The molecule has 2 heterocycles. The van der Waals surface area contributed by atoms with Gasteiger partial charge in [0.2, 0.25) is 0 Å². The van der Waals surface area contributed by atoms with Crippen LogP contribution in [0.5, 0.6) is 0 Å². The number of aromatic nitrogens is 2. The minimum absolute atomic E-state index is 0.648. The number of fused-ring (bicyclic) bond motifs is 1. The van der Waals surface area contributed by atoms with Gasteiger partial charge < -0.3 is 4.42 Å². The lowest BCUT2D eigenvalue weighted by Gasteiger charge is -1.98. The van der Waals surface area contributed by atoms with Crippen molar-refractivity contribution in [3.05, 3.63) is 49.0 Å². The molecule has 1 aromatic carbocycles. The van der Waals surface area contributed by atoms with E-state index in [-0.39, 0.29) is 0 Å². The van der Waals surface area contributed by atoms with E-state index in [9.17, 15) is 0 Å². The molecule has 0 aliphatic rings. The first-order chi connectivity index (χ1) is 7.43. The molecule has 0 aliphatic heterocycles. The number of oxazole rings is 1. The zero-order valence-electron chi connectivity index (χ0n) is 7.92. The van der Waals surface area contributed by atoms with Gasteiger partial charge in [0.15, 0.2) is 17.6 Å². The van der Waals surface area contributed by atoms with Crippen molar-refractivity contribution in [3.63, 3.8) is 0 Å². The number of nitrogens with zero attached hydrogens (tertiary/aromatic N) is 2. The average molecular weight is 196 g/mol. The summed E-state index contributed by atoms with van der Waals surface area (Å²) in [6.07, 6.45) is 3.21. The Morgan fingerprint density at radius 2 is 1.80 bits per heavy atom. The van der Waals surface area contributed by atoms with Crippen molar-refractivity contribution < 1.29 is 4.42 Å². The molecule has 15 heavy (non-hydrogen) atoms. The molecule has 3 heteroatoms. The van der Waals surface area contributed by atoms with E-state index in [1.807, 2.05) is 36.4 Å². The van der Waals surface area contributed by atoms with Crippen molar-refractivity contribution in [2.75, 3.05) is 0 Å². The van der Waals surface area contributed by atoms with Crippen molar-refractivity contribution in [2.45, 2.75) is 0 Å². The second kappa shape index (κ2) is 3.20. The molecular formula is C12H8N2O. The highest BCUT2D eigenvalue weighted by Gasteiger charge is 2.02. The lowest BCUT2D eigenvalue weighted by atomic mass is 10.1. The summed E-state index contributed by atoms with van der Waals surface area (Å²) < 4.78 is 5.21. The topological polar surface area (TPSA) is 38.9 Å². The monoisotopic (exact) mass is 196 g/mol. The molecule has 0 bridgehead atoms. The maximum absolute atomic E-state index is 5.21. The van der Waals surface area contributed by atoms with Crippen LogP contribution in [0, 0.1) is 0 Å². The third kappa shape index (κ3) is 1.38. The first-order valence-corrected chi connectivity index (χ1v) is 4.68. The first-order valence-electron chi connectivity index (χ1n) is 4.68. The molecule has 0 fully saturated rings. The summed E-state index contributed by atoms with van der Waals surface area (Å²) in [6, 6.07) is 12.0. The van der Waals surface area contributed by atoms with E-state index in [1.54, 1.807) is 6.20 Å². The second-order valence-electron chi connectivity index (χ2n) is 3.26. The Kier molecular flexibility index (Phi) is 1.75. The van der Waals surface area contributed by atoms with Gasteiger partial charge in [0.1, 0.15) is 0 Å². The van der Waals surface area contributed by atoms with Crippen LogP contribution >= 0.6 is 0 Å². The Morgan fingerprint density at radius 1 is 0.933 bits per heavy atom. The zero-order chi connectivity index (χ0) is 10.1. The Hall–Kier alpha value is -2.16. The Balaban J connectivity index is 2.19. The third-order valence-electron chi connectivity index (χ3n) is 2.29. The fourth-order valence-corrected chi connectivity index (χ4v) is 1.54. The van der Waals surface area contributed by atoms with Crippen molar-refractivity contribution in [1.29, 1.82) is 0 Å². The van der Waals surface area contributed by atoms with Crippen LogP contribution in [0.2, 0.25) is 0 Å². The van der Waals surface area contributed by atoms with Crippen molar-refractivity contribution in [2.24, 2.45) is 0 Å². The maximum Gasteiger partial charge on any atom is 0.198 e. The molecule has 3 rings (SSSR count). The lowest BCUT2D eigenvalue weighted by molar-refractivity contribution is 0.602. The lowest BCUT2D eigenvalue weighted by Crippen LogP contribution is -1.80. The molecule has 3 nitrogen and oxygen atoms in total. The fraction of sp³-hybridized carbons (Fsp3) is 0. The summed E-state index contributed by atoms with van der Waals surface area (Å²) in [4.78, 5) is 8.19. The standard InChI is InChI=1S/C12H8N2O/c1-2-4-9(5-3-1)10-6-11-12(13-7-10)14-8-15-11/h1-8H. The highest BCUT2D eigenvalue weighted by Crippen LogP contribution is 2.21. The van der Waals surface area contributed by atoms with E-state index in [0.717, 1.165) is 16.7 Å². The number of rotatable bonds is 1. The van der Waals surface area contributed by atoms with E-state index in [2.05, 4.69) is 9.97 Å². The van der Waals surface area contributed by atoms with Gasteiger partial charge in [0.25, 0.3) is 0 Å². The van der Waals surface area contributed by atoms with E-state index >= 15 is 0 Å². The molecule has 0 N–H and O–H groups in total. The summed E-state index contributed by atoms with van der Waals surface area (Å²) in [5, 5.41) is 0. The van der Waals surface area contributed by atoms with Gasteiger partial charge in [-0.3, -0.25) is 0 Å². The van der Waals surface area contributed by atoms with Gasteiger partial charge in [-0.1, -0.05) is 30.3 Å². The highest BCUT2D eigenvalue weighted by atomic mass is 16.3. The van der Waals surface area contributed by atoms with Gasteiger partial charge in [-0.05, 0) is 11.6 Å². The zero-order valence-corrected chi connectivity index (χ0v) is 7.92. The molecule has 0 atom stereocenters. The number of hydrogen-bond acceptors (Lipinski definition) is 3. The molecule has 0 saturated carbocycles. The summed E-state index contributed by atoms with van der Waals surface area (Å²) in [7, 11) is 0. The molecule has 0 radical (unpaired) electrons. The van der Waals surface area contributed by atoms with Gasteiger partial charge in [-0.15, -0.1) is 0 Å². The van der Waals surface area contributed by atoms with Crippen LogP contribution in [0.15, 0.2) is 53.4 Å². The molecule has 0 unspecified atom stereocenters. The Labute approximate surface area is 86.4 Å². The molecule has 0 saturated heterocycles. The molecule has 0 aliphatic carbocycles. The van der Waals surface area contributed by atoms with Crippen LogP contribution in [-0.4, -0.2) is 9.97 Å². The minimum Gasteiger partial charge on any atom is -0.442 e. The van der Waals surface area contributed by atoms with Crippen LogP contribution < -0.4 is 0 Å². The fourth-order valence-electron chi connectivity index (χ4n) is 1.54. The number of benzene rings is 1. The van der Waals surface area contributed by atoms with Crippen LogP contribution in [0.3, 0.4) is 0 Å². The summed E-state index contributed by atoms with van der Waals surface area (Å²) in [6.45, 7) is 0. The summed E-state index contributed by atoms with van der Waals surface area (Å²) in [5.41, 5.74) is 3.54. The number of hydrogen-bond donors (Lipinski definition) is 0. The SMILES string of the molecule is c1ccc(-c2cnc3ncoc3c2)cc1. The molecule has 3 aromatic rings. The van der Waals surface area contributed by atoms with Gasteiger partial charge in [0.05, 0.1) is 0 Å². The quantitative estimate of drug-likeness (QED) is 0.600. The normalized spacial score (nSPS) is 10.7. The largest absolute Gasteiger partial charge is 0.442 e. The Bertz CT molecular complexity index is 587. The average Bonchev–Trinajstić information content (AvgIpc) is 2.77. The Morgan fingerprint density at radius 3 is 2.67 bits per heavy atom. The molecule has 2 aromatic heterocycles. The van der Waals surface area contributed by atoms with Crippen molar-refractivity contribution >= 4 is 11.2 Å². The van der Waals surface area contributed by atoms with Crippen LogP contribution in [-0.2, 0) is 0 Å². The van der Waals surface area contributed by atoms with Crippen LogP contribution in [0.4, 0.5) is 0 Å². The highest BCUT2D eigenvalue weighted by molar-refractivity contribution is 5.75. The number of pyridine rings is 1. The van der Waals surface area contributed by atoms with Crippen LogP contribution in [0.25, 0.3) is 22.4 Å². The summed E-state index contributed by atoms with van der Waals surface area (Å²) >= 11 is 0. The predicted molar refractivity (Wildman–Crippen MR) is 57.2 cm³/mol. The molecule has 72 valence electrons. The summed E-state index contributed by atoms with van der Waals surface area (Å²) in [5.74, 6) is 0. The van der Waals surface area contributed by atoms with E-state index in [1.165, 1.54) is 6.39 Å². The van der Waals surface area contributed by atoms with Gasteiger partial charge in [0, 0.05) is 11.8 Å². The minimum atomic E-state index is 0.648. The van der Waals surface area contributed by atoms with Crippen LogP contribution in [0.1, 0.15) is 0 Å². The predicted octanol–water partition coefficient (Wildman–Crippen LogP) is 2.89. The molecule has 0 amide bonds. The van der Waals surface area contributed by atoms with Gasteiger partial charge in [-0.25, -0.2) is 4.98 Å². The second-order valence-corrected chi connectivity index (χ2v) is 3.26. The molecule has 0 spiro atoms. The van der Waals surface area contributed by atoms with E-state index in [4.69, 9.17) is 4.42 Å². The maximum atomic E-state index is 5.21. The van der Waals surface area contributed by atoms with Gasteiger partial charge in [-0.2, -0.15) is 4.98 Å². The van der Waals surface area contributed by atoms with E-state index < -0.39 is 0 Å². The van der Waals surface area contributed by atoms with Crippen molar-refractivity contribution in [1.82, 2.24) is 9.97 Å².